The Morgan fingerprint density at radius 2 is 2.46 bits per heavy atom. The minimum Gasteiger partial charge on any atom is -0.361 e. The summed E-state index contributed by atoms with van der Waals surface area (Å²) in [6, 6.07) is 0. The quantitative estimate of drug-likeness (QED) is 0.900. The lowest BCUT2D eigenvalue weighted by Gasteiger charge is -2.38. The largest absolute Gasteiger partial charge is 0.361 e. The number of hydrogen-bond donors (Lipinski definition) is 1. The molecule has 2 rings (SSSR count). The summed E-state index contributed by atoms with van der Waals surface area (Å²) in [5.74, 6) is 0. The van der Waals surface area contributed by atoms with Crippen LogP contribution in [0, 0.1) is 5.41 Å². The van der Waals surface area contributed by atoms with Crippen molar-refractivity contribution in [1.82, 2.24) is 4.98 Å². The SMILES string of the molecule is CC1(CNc2nc(Br)cs2)CCC1. The average molecular weight is 261 g/mol. The summed E-state index contributed by atoms with van der Waals surface area (Å²) < 4.78 is 0.929. The highest BCUT2D eigenvalue weighted by Crippen LogP contribution is 2.40. The molecule has 2 nitrogen and oxygen atoms in total. The van der Waals surface area contributed by atoms with Gasteiger partial charge in [0.2, 0.25) is 0 Å². The van der Waals surface area contributed by atoms with Crippen LogP contribution in [-0.2, 0) is 0 Å². The molecule has 1 N–H and O–H groups in total. The first-order valence-electron chi connectivity index (χ1n) is 4.53. The third-order valence-electron chi connectivity index (χ3n) is 2.70. The van der Waals surface area contributed by atoms with Gasteiger partial charge in [0.05, 0.1) is 0 Å². The average Bonchev–Trinajstić information content (AvgIpc) is 2.44. The highest BCUT2D eigenvalue weighted by atomic mass is 79.9. The Hall–Kier alpha value is -0.0900. The molecule has 1 aliphatic rings. The number of anilines is 1. The smallest absolute Gasteiger partial charge is 0.183 e. The number of nitrogens with one attached hydrogen (secondary N) is 1. The molecule has 4 heteroatoms. The van der Waals surface area contributed by atoms with Gasteiger partial charge in [-0.25, -0.2) is 4.98 Å². The molecule has 0 radical (unpaired) electrons. The first kappa shape index (κ1) is 9.46. The molecular weight excluding hydrogens is 248 g/mol. The summed E-state index contributed by atoms with van der Waals surface area (Å²) in [6.07, 6.45) is 4.10. The number of thiazole rings is 1. The molecule has 1 aliphatic carbocycles. The van der Waals surface area contributed by atoms with Gasteiger partial charge in [0.15, 0.2) is 5.13 Å². The van der Waals surface area contributed by atoms with E-state index in [0.717, 1.165) is 16.3 Å². The van der Waals surface area contributed by atoms with E-state index in [-0.39, 0.29) is 0 Å². The van der Waals surface area contributed by atoms with Crippen LogP contribution in [0.3, 0.4) is 0 Å². The second-order valence-electron chi connectivity index (χ2n) is 3.99. The lowest BCUT2D eigenvalue weighted by molar-refractivity contribution is 0.180. The van der Waals surface area contributed by atoms with Gasteiger partial charge in [-0.2, -0.15) is 0 Å². The number of halogens is 1. The zero-order valence-electron chi connectivity index (χ0n) is 7.64. The minimum absolute atomic E-state index is 0.526. The second-order valence-corrected chi connectivity index (χ2v) is 5.66. The van der Waals surface area contributed by atoms with Crippen LogP contribution in [0.5, 0.6) is 0 Å². The molecule has 0 atom stereocenters. The van der Waals surface area contributed by atoms with Crippen LogP contribution in [0.15, 0.2) is 9.98 Å². The molecule has 0 saturated heterocycles. The predicted molar refractivity (Wildman–Crippen MR) is 60.3 cm³/mol. The lowest BCUT2D eigenvalue weighted by Crippen LogP contribution is -2.33. The highest BCUT2D eigenvalue weighted by molar-refractivity contribution is 9.10. The van der Waals surface area contributed by atoms with Gasteiger partial charge in [0.1, 0.15) is 4.60 Å². The molecule has 13 heavy (non-hydrogen) atoms. The predicted octanol–water partition coefficient (Wildman–Crippen LogP) is 3.51. The van der Waals surface area contributed by atoms with Gasteiger partial charge < -0.3 is 5.32 Å². The molecule has 0 bridgehead atoms. The summed E-state index contributed by atoms with van der Waals surface area (Å²) in [7, 11) is 0. The third-order valence-corrected chi connectivity index (χ3v) is 4.21. The number of aromatic nitrogens is 1. The Labute approximate surface area is 90.9 Å². The van der Waals surface area contributed by atoms with E-state index in [9.17, 15) is 0 Å². The summed E-state index contributed by atoms with van der Waals surface area (Å²) in [5, 5.41) is 6.42. The topological polar surface area (TPSA) is 24.9 Å². The van der Waals surface area contributed by atoms with Gasteiger partial charge >= 0.3 is 0 Å². The summed E-state index contributed by atoms with van der Waals surface area (Å²) in [5.41, 5.74) is 0.526. The molecule has 72 valence electrons. The van der Waals surface area contributed by atoms with E-state index in [1.165, 1.54) is 19.3 Å². The van der Waals surface area contributed by atoms with Crippen molar-refractivity contribution in [3.63, 3.8) is 0 Å². The van der Waals surface area contributed by atoms with Crippen molar-refractivity contribution in [2.75, 3.05) is 11.9 Å². The van der Waals surface area contributed by atoms with Gasteiger partial charge in [0.25, 0.3) is 0 Å². The Balaban J connectivity index is 1.85. The Bertz CT molecular complexity index is 294. The molecule has 0 spiro atoms. The molecule has 1 heterocycles. The van der Waals surface area contributed by atoms with Gasteiger partial charge in [-0.1, -0.05) is 13.3 Å². The fourth-order valence-corrected chi connectivity index (χ4v) is 2.72. The Morgan fingerprint density at radius 1 is 1.69 bits per heavy atom. The number of rotatable bonds is 3. The van der Waals surface area contributed by atoms with Gasteiger partial charge in [-0.15, -0.1) is 11.3 Å². The first-order chi connectivity index (χ1) is 6.18. The third kappa shape index (κ3) is 2.23. The van der Waals surface area contributed by atoms with E-state index < -0.39 is 0 Å². The molecule has 0 unspecified atom stereocenters. The van der Waals surface area contributed by atoms with Crippen molar-refractivity contribution in [3.05, 3.63) is 9.98 Å². The normalized spacial score (nSPS) is 19.5. The van der Waals surface area contributed by atoms with Crippen LogP contribution in [0.2, 0.25) is 0 Å². The molecular formula is C9H13BrN2S. The van der Waals surface area contributed by atoms with Gasteiger partial charge in [0, 0.05) is 11.9 Å². The van der Waals surface area contributed by atoms with Crippen LogP contribution in [0.1, 0.15) is 26.2 Å². The van der Waals surface area contributed by atoms with Crippen molar-refractivity contribution < 1.29 is 0 Å². The number of nitrogens with zero attached hydrogens (tertiary/aromatic N) is 1. The highest BCUT2D eigenvalue weighted by Gasteiger charge is 2.31. The van der Waals surface area contributed by atoms with E-state index in [2.05, 4.69) is 33.2 Å². The van der Waals surface area contributed by atoms with Crippen molar-refractivity contribution in [3.8, 4) is 0 Å². The van der Waals surface area contributed by atoms with Crippen LogP contribution in [0.4, 0.5) is 5.13 Å². The van der Waals surface area contributed by atoms with E-state index in [0.29, 0.717) is 5.41 Å². The fourth-order valence-electron chi connectivity index (χ4n) is 1.58. The molecule has 0 aliphatic heterocycles. The second kappa shape index (κ2) is 3.58. The molecule has 1 fully saturated rings. The molecule has 1 aromatic heterocycles. The molecule has 1 aromatic rings. The lowest BCUT2D eigenvalue weighted by atomic mass is 9.70. The zero-order valence-corrected chi connectivity index (χ0v) is 10.0. The molecule has 0 amide bonds. The monoisotopic (exact) mass is 260 g/mol. The number of hydrogen-bond acceptors (Lipinski definition) is 3. The maximum atomic E-state index is 4.30. The van der Waals surface area contributed by atoms with E-state index in [1.54, 1.807) is 11.3 Å². The maximum Gasteiger partial charge on any atom is 0.183 e. The van der Waals surface area contributed by atoms with Crippen molar-refractivity contribution in [2.24, 2.45) is 5.41 Å². The van der Waals surface area contributed by atoms with Crippen molar-refractivity contribution in [2.45, 2.75) is 26.2 Å². The Morgan fingerprint density at radius 3 is 2.92 bits per heavy atom. The summed E-state index contributed by atoms with van der Waals surface area (Å²) >= 11 is 5.00. The van der Waals surface area contributed by atoms with Gasteiger partial charge in [-0.3, -0.25) is 0 Å². The van der Waals surface area contributed by atoms with Crippen molar-refractivity contribution >= 4 is 32.4 Å². The van der Waals surface area contributed by atoms with Crippen LogP contribution >= 0.6 is 27.3 Å². The molecule has 0 aromatic carbocycles. The van der Waals surface area contributed by atoms with Gasteiger partial charge in [-0.05, 0) is 34.2 Å². The first-order valence-corrected chi connectivity index (χ1v) is 6.20. The minimum atomic E-state index is 0.526. The summed E-state index contributed by atoms with van der Waals surface area (Å²) in [6.45, 7) is 3.40. The van der Waals surface area contributed by atoms with E-state index in [1.807, 2.05) is 5.38 Å². The van der Waals surface area contributed by atoms with E-state index in [4.69, 9.17) is 0 Å². The standard InChI is InChI=1S/C9H13BrN2S/c1-9(3-2-4-9)6-11-8-12-7(10)5-13-8/h5H,2-4,6H2,1H3,(H,11,12). The Kier molecular flexibility index (Phi) is 2.60. The van der Waals surface area contributed by atoms with Crippen LogP contribution in [-0.4, -0.2) is 11.5 Å². The van der Waals surface area contributed by atoms with Crippen LogP contribution < -0.4 is 5.32 Å². The molecule has 1 saturated carbocycles. The maximum absolute atomic E-state index is 4.30. The van der Waals surface area contributed by atoms with E-state index >= 15 is 0 Å². The van der Waals surface area contributed by atoms with Crippen LogP contribution in [0.25, 0.3) is 0 Å². The summed E-state index contributed by atoms with van der Waals surface area (Å²) in [4.78, 5) is 4.30. The van der Waals surface area contributed by atoms with Crippen molar-refractivity contribution in [1.29, 1.82) is 0 Å². The fraction of sp³-hybridized carbons (Fsp3) is 0.667. The zero-order chi connectivity index (χ0) is 9.31.